The number of anilines is 1. The lowest BCUT2D eigenvalue weighted by atomic mass is 10.2. The Morgan fingerprint density at radius 2 is 1.32 bits per heavy atom. The molecule has 0 saturated carbocycles. The van der Waals surface area contributed by atoms with Gasteiger partial charge in [0.2, 0.25) is 0 Å². The molecule has 0 amide bonds. The van der Waals surface area contributed by atoms with E-state index in [9.17, 15) is 30.0 Å². The molecule has 0 fully saturated rings. The van der Waals surface area contributed by atoms with Gasteiger partial charge in [0, 0.05) is 41.6 Å². The number of nitrogens with two attached hydrogens (primary N) is 1. The van der Waals surface area contributed by atoms with Crippen LogP contribution in [0.3, 0.4) is 0 Å². The largest absolute Gasteiger partial charge is 0.419 e. The quantitative estimate of drug-likeness (QED) is 0.158. The molecule has 0 aliphatic heterocycles. The van der Waals surface area contributed by atoms with Crippen molar-refractivity contribution in [3.8, 4) is 0 Å². The van der Waals surface area contributed by atoms with Gasteiger partial charge in [-0.1, -0.05) is 59.6 Å². The van der Waals surface area contributed by atoms with Crippen molar-refractivity contribution in [1.29, 1.82) is 0 Å². The third-order valence-corrected chi connectivity index (χ3v) is 9.58. The van der Waals surface area contributed by atoms with Gasteiger partial charge in [0.1, 0.15) is 10.3 Å². The first-order chi connectivity index (χ1) is 20.3. The van der Waals surface area contributed by atoms with Crippen LogP contribution in [0, 0.1) is 10.5 Å². The average Bonchev–Trinajstić information content (AvgIpc) is 2.93. The Morgan fingerprint density at radius 3 is 1.77 bits per heavy atom. The molecule has 4 aromatic rings. The Labute approximate surface area is 278 Å². The van der Waals surface area contributed by atoms with E-state index in [0.717, 1.165) is 15.9 Å². The molecule has 0 spiro atoms. The second-order valence-electron chi connectivity index (χ2n) is 9.12. The number of aromatic nitrogens is 2. The number of benzene rings is 2. The zero-order chi connectivity index (χ0) is 33.3. The summed E-state index contributed by atoms with van der Waals surface area (Å²) in [5.74, 6) is 0. The van der Waals surface area contributed by atoms with Crippen LogP contribution in [0.4, 0.5) is 18.9 Å². The van der Waals surface area contributed by atoms with Gasteiger partial charge in [0.05, 0.1) is 21.0 Å². The van der Waals surface area contributed by atoms with Gasteiger partial charge in [-0.3, -0.25) is 0 Å². The molecule has 0 saturated heterocycles. The van der Waals surface area contributed by atoms with Crippen LogP contribution in [0.1, 0.15) is 22.3 Å². The second kappa shape index (κ2) is 16.2. The van der Waals surface area contributed by atoms with Crippen molar-refractivity contribution < 1.29 is 30.0 Å². The van der Waals surface area contributed by atoms with E-state index in [-0.39, 0.29) is 28.8 Å². The van der Waals surface area contributed by atoms with E-state index in [0.29, 0.717) is 27.4 Å². The minimum atomic E-state index is -4.60. The molecule has 44 heavy (non-hydrogen) atoms. The average molecular weight is 803 g/mol. The summed E-state index contributed by atoms with van der Waals surface area (Å²) in [6.07, 6.45) is 0.0191. The van der Waals surface area contributed by atoms with Crippen molar-refractivity contribution in [3.05, 3.63) is 109 Å². The molecule has 0 aliphatic rings. The lowest BCUT2D eigenvalue weighted by Gasteiger charge is -2.15. The third kappa shape index (κ3) is 11.8. The molecular formula is C28H28Cl2F3IN4O4S2. The van der Waals surface area contributed by atoms with E-state index in [1.807, 2.05) is 13.0 Å². The predicted molar refractivity (Wildman–Crippen MR) is 175 cm³/mol. The Kier molecular flexibility index (Phi) is 13.9. The topological polar surface area (TPSA) is 132 Å². The van der Waals surface area contributed by atoms with Crippen molar-refractivity contribution in [2.24, 2.45) is 5.73 Å². The van der Waals surface area contributed by atoms with E-state index < -0.39 is 31.4 Å². The molecule has 238 valence electrons. The van der Waals surface area contributed by atoms with Crippen LogP contribution < -0.4 is 11.1 Å². The molecule has 4 rings (SSSR count). The van der Waals surface area contributed by atoms with Crippen LogP contribution in [-0.2, 0) is 38.9 Å². The molecule has 0 atom stereocenters. The number of rotatable bonds is 6. The Balaban J connectivity index is 0.000000266. The summed E-state index contributed by atoms with van der Waals surface area (Å²) < 4.78 is 85.8. The number of pyridine rings is 2. The van der Waals surface area contributed by atoms with Gasteiger partial charge in [-0.25, -0.2) is 26.8 Å². The SMILES string of the molecule is CS(=O)(=O)c1ccccc1CN.CS(=O)(=O)c1ccccc1CNc1cc(Cl)ncc1C(F)(F)F.Cc1cnc(Cl)cc1I. The molecule has 0 aliphatic carbocycles. The number of sulfone groups is 2. The molecule has 3 N–H and O–H groups in total. The summed E-state index contributed by atoms with van der Waals surface area (Å²) in [6.45, 7) is 2.15. The summed E-state index contributed by atoms with van der Waals surface area (Å²) in [6, 6.07) is 15.7. The monoisotopic (exact) mass is 802 g/mol. The van der Waals surface area contributed by atoms with Gasteiger partial charge in [-0.2, -0.15) is 13.2 Å². The maximum absolute atomic E-state index is 13.0. The van der Waals surface area contributed by atoms with Crippen LogP contribution in [0.5, 0.6) is 0 Å². The van der Waals surface area contributed by atoms with Gasteiger partial charge >= 0.3 is 6.18 Å². The molecule has 2 heterocycles. The maximum atomic E-state index is 13.0. The third-order valence-electron chi connectivity index (χ3n) is 5.61. The van der Waals surface area contributed by atoms with E-state index in [2.05, 4.69) is 37.9 Å². The van der Waals surface area contributed by atoms with E-state index in [4.69, 9.17) is 28.9 Å². The minimum Gasteiger partial charge on any atom is -0.380 e. The summed E-state index contributed by atoms with van der Waals surface area (Å²) in [5, 5.41) is 3.04. The maximum Gasteiger partial charge on any atom is 0.419 e. The summed E-state index contributed by atoms with van der Waals surface area (Å²) in [5.41, 5.74) is 6.34. The number of halogens is 6. The Morgan fingerprint density at radius 1 is 0.841 bits per heavy atom. The lowest BCUT2D eigenvalue weighted by molar-refractivity contribution is -0.137. The standard InChI is InChI=1S/C14H12ClF3N2O2S.C8H11NO2S.C6H5ClIN/c1-23(21,22)12-5-3-2-4-9(12)7-19-11-6-13(15)20-8-10(11)14(16,17)18;1-12(10,11)8-5-3-2-4-7(8)6-9;1-4-3-9-6(7)2-5(4)8/h2-6,8H,7H2,1H3,(H,19,20);2-5H,6,9H2,1H3;2-3H,1H3. The molecule has 2 aromatic carbocycles. The zero-order valence-electron chi connectivity index (χ0n) is 23.5. The molecule has 16 heteroatoms. The van der Waals surface area contributed by atoms with E-state index >= 15 is 0 Å². The number of hydrogen-bond donors (Lipinski definition) is 2. The predicted octanol–water partition coefficient (Wildman–Crippen LogP) is 6.97. The van der Waals surface area contributed by atoms with Crippen molar-refractivity contribution in [3.63, 3.8) is 0 Å². The van der Waals surface area contributed by atoms with Crippen LogP contribution in [0.2, 0.25) is 10.3 Å². The van der Waals surface area contributed by atoms with E-state index in [1.54, 1.807) is 42.6 Å². The van der Waals surface area contributed by atoms with Crippen LogP contribution in [0.25, 0.3) is 0 Å². The number of nitrogens with zero attached hydrogens (tertiary/aromatic N) is 2. The van der Waals surface area contributed by atoms with Crippen molar-refractivity contribution >= 4 is 71.2 Å². The van der Waals surface area contributed by atoms with Gasteiger partial charge in [0.15, 0.2) is 19.7 Å². The van der Waals surface area contributed by atoms with Crippen LogP contribution in [0.15, 0.2) is 82.8 Å². The molecular weight excluding hydrogens is 775 g/mol. The molecule has 0 unspecified atom stereocenters. The van der Waals surface area contributed by atoms with Crippen molar-refractivity contribution in [1.82, 2.24) is 9.97 Å². The highest BCUT2D eigenvalue weighted by molar-refractivity contribution is 14.1. The fraction of sp³-hybridized carbons (Fsp3) is 0.214. The van der Waals surface area contributed by atoms with Gasteiger partial charge in [-0.05, 0) is 70.5 Å². The summed E-state index contributed by atoms with van der Waals surface area (Å²) >= 11 is 13.5. The highest BCUT2D eigenvalue weighted by atomic mass is 127. The fourth-order valence-corrected chi connectivity index (χ4v) is 6.34. The smallest absolute Gasteiger partial charge is 0.380 e. The number of nitrogens with one attached hydrogen (secondary N) is 1. The molecule has 8 nitrogen and oxygen atoms in total. The Hall–Kier alpha value is -2.50. The first-order valence-corrected chi connectivity index (χ1v) is 18.0. The van der Waals surface area contributed by atoms with Crippen molar-refractivity contribution in [2.75, 3.05) is 17.8 Å². The van der Waals surface area contributed by atoms with E-state index in [1.165, 1.54) is 24.0 Å². The molecule has 0 radical (unpaired) electrons. The molecule has 2 aromatic heterocycles. The zero-order valence-corrected chi connectivity index (χ0v) is 28.8. The second-order valence-corrected chi connectivity index (χ2v) is 15.0. The van der Waals surface area contributed by atoms with Crippen LogP contribution in [-0.4, -0.2) is 39.3 Å². The van der Waals surface area contributed by atoms with Gasteiger partial charge < -0.3 is 11.1 Å². The summed E-state index contributed by atoms with van der Waals surface area (Å²) in [7, 11) is -6.61. The number of alkyl halides is 3. The number of hydrogen-bond acceptors (Lipinski definition) is 8. The first kappa shape index (κ1) is 37.7. The van der Waals surface area contributed by atoms with Gasteiger partial charge in [-0.15, -0.1) is 0 Å². The summed E-state index contributed by atoms with van der Waals surface area (Å²) in [4.78, 5) is 7.71. The minimum absolute atomic E-state index is 0.0567. The first-order valence-electron chi connectivity index (χ1n) is 12.3. The highest BCUT2D eigenvalue weighted by Crippen LogP contribution is 2.35. The number of aryl methyl sites for hydroxylation is 1. The van der Waals surface area contributed by atoms with Crippen LogP contribution >= 0.6 is 45.8 Å². The highest BCUT2D eigenvalue weighted by Gasteiger charge is 2.34. The lowest BCUT2D eigenvalue weighted by Crippen LogP contribution is -2.13. The normalized spacial score (nSPS) is 11.5. The van der Waals surface area contributed by atoms with Gasteiger partial charge in [0.25, 0.3) is 0 Å². The fourth-order valence-electron chi connectivity index (χ4n) is 3.51. The van der Waals surface area contributed by atoms with Crippen molar-refractivity contribution in [2.45, 2.75) is 36.0 Å². The Bertz CT molecular complexity index is 1810. The molecule has 0 bridgehead atoms.